The Hall–Kier alpha value is -0.450. The van der Waals surface area contributed by atoms with E-state index in [2.05, 4.69) is 11.9 Å². The van der Waals surface area contributed by atoms with Gasteiger partial charge < -0.3 is 9.84 Å². The van der Waals surface area contributed by atoms with Crippen LogP contribution in [0.3, 0.4) is 0 Å². The standard InChI is InChI=1S/C14H23NO2S/c1-10-4-6-14(17-3,7-5-10)12(16)8-13-15-11(2)9-18-13/h9-10,12,16H,4-8H2,1-3H3. The van der Waals surface area contributed by atoms with Gasteiger partial charge in [-0.1, -0.05) is 6.92 Å². The number of aryl methyl sites for hydroxylation is 1. The Morgan fingerprint density at radius 2 is 2.22 bits per heavy atom. The Morgan fingerprint density at radius 1 is 1.56 bits per heavy atom. The lowest BCUT2D eigenvalue weighted by atomic mass is 9.75. The van der Waals surface area contributed by atoms with E-state index in [0.29, 0.717) is 6.42 Å². The van der Waals surface area contributed by atoms with E-state index in [0.717, 1.165) is 42.3 Å². The molecule has 0 radical (unpaired) electrons. The highest BCUT2D eigenvalue weighted by Gasteiger charge is 2.40. The van der Waals surface area contributed by atoms with Crippen LogP contribution >= 0.6 is 11.3 Å². The summed E-state index contributed by atoms with van der Waals surface area (Å²) >= 11 is 1.62. The third-order valence-corrected chi connectivity index (χ3v) is 5.16. The van der Waals surface area contributed by atoms with Gasteiger partial charge in [0.25, 0.3) is 0 Å². The largest absolute Gasteiger partial charge is 0.390 e. The second kappa shape index (κ2) is 5.68. The van der Waals surface area contributed by atoms with Gasteiger partial charge >= 0.3 is 0 Å². The van der Waals surface area contributed by atoms with Crippen LogP contribution < -0.4 is 0 Å². The van der Waals surface area contributed by atoms with E-state index >= 15 is 0 Å². The molecule has 1 aliphatic carbocycles. The Morgan fingerprint density at radius 3 is 2.72 bits per heavy atom. The van der Waals surface area contributed by atoms with Gasteiger partial charge in [-0.2, -0.15) is 0 Å². The Kier molecular flexibility index (Phi) is 4.41. The van der Waals surface area contributed by atoms with Crippen LogP contribution in [0.2, 0.25) is 0 Å². The molecular weight excluding hydrogens is 246 g/mol. The molecular formula is C14H23NO2S. The molecule has 3 nitrogen and oxygen atoms in total. The quantitative estimate of drug-likeness (QED) is 0.914. The average Bonchev–Trinajstić information content (AvgIpc) is 2.76. The minimum Gasteiger partial charge on any atom is -0.390 e. The van der Waals surface area contributed by atoms with Crippen molar-refractivity contribution in [3.63, 3.8) is 0 Å². The minimum atomic E-state index is -0.444. The minimum absolute atomic E-state index is 0.355. The van der Waals surface area contributed by atoms with Crippen molar-refractivity contribution in [2.45, 2.75) is 57.7 Å². The third kappa shape index (κ3) is 2.92. The molecule has 1 unspecified atom stereocenters. The first-order valence-electron chi connectivity index (χ1n) is 6.70. The van der Waals surface area contributed by atoms with Crippen LogP contribution in [0.1, 0.15) is 43.3 Å². The SMILES string of the molecule is COC1(C(O)Cc2nc(C)cs2)CCC(C)CC1. The fourth-order valence-corrected chi connectivity index (χ4v) is 3.58. The van der Waals surface area contributed by atoms with Gasteiger partial charge in [0.2, 0.25) is 0 Å². The first kappa shape index (κ1) is 14.0. The maximum Gasteiger partial charge on any atom is 0.0955 e. The summed E-state index contributed by atoms with van der Waals surface area (Å²) in [5.74, 6) is 0.752. The molecule has 18 heavy (non-hydrogen) atoms. The molecule has 1 aromatic rings. The second-order valence-corrected chi connectivity index (χ2v) is 6.50. The summed E-state index contributed by atoms with van der Waals surface area (Å²) in [6, 6.07) is 0. The zero-order chi connectivity index (χ0) is 13.2. The highest BCUT2D eigenvalue weighted by Crippen LogP contribution is 2.37. The molecule has 0 bridgehead atoms. The summed E-state index contributed by atoms with van der Waals surface area (Å²) in [5, 5.41) is 13.6. The van der Waals surface area contributed by atoms with E-state index in [4.69, 9.17) is 4.74 Å². The zero-order valence-corrected chi connectivity index (χ0v) is 12.3. The number of ether oxygens (including phenoxy) is 1. The van der Waals surface area contributed by atoms with Crippen LogP contribution in [0.25, 0.3) is 0 Å². The van der Waals surface area contributed by atoms with Crippen molar-refractivity contribution in [2.24, 2.45) is 5.92 Å². The Labute approximate surface area is 113 Å². The molecule has 2 rings (SSSR count). The predicted octanol–water partition coefficient (Wildman–Crippen LogP) is 2.95. The van der Waals surface area contributed by atoms with Crippen LogP contribution in [0.15, 0.2) is 5.38 Å². The number of hydrogen-bond acceptors (Lipinski definition) is 4. The highest BCUT2D eigenvalue weighted by atomic mass is 32.1. The number of rotatable bonds is 4. The summed E-state index contributed by atoms with van der Waals surface area (Å²) in [6.45, 7) is 4.26. The highest BCUT2D eigenvalue weighted by molar-refractivity contribution is 7.09. The van der Waals surface area contributed by atoms with Gasteiger partial charge in [0.05, 0.1) is 16.7 Å². The number of nitrogens with zero attached hydrogens (tertiary/aromatic N) is 1. The molecule has 1 saturated carbocycles. The summed E-state index contributed by atoms with van der Waals surface area (Å²) in [6.07, 6.45) is 4.36. The normalized spacial score (nSPS) is 30.3. The molecule has 102 valence electrons. The molecule has 1 aliphatic rings. The van der Waals surface area contributed by atoms with Gasteiger partial charge in [-0.15, -0.1) is 11.3 Å². The number of methoxy groups -OCH3 is 1. The molecule has 1 atom stereocenters. The van der Waals surface area contributed by atoms with E-state index in [9.17, 15) is 5.11 Å². The van der Waals surface area contributed by atoms with Gasteiger partial charge in [0.15, 0.2) is 0 Å². The number of thiazole rings is 1. The predicted molar refractivity (Wildman–Crippen MR) is 73.9 cm³/mol. The lowest BCUT2D eigenvalue weighted by Crippen LogP contribution is -2.47. The van der Waals surface area contributed by atoms with Crippen molar-refractivity contribution in [3.05, 3.63) is 16.1 Å². The van der Waals surface area contributed by atoms with Crippen LogP contribution in [0, 0.1) is 12.8 Å². The van der Waals surface area contributed by atoms with Crippen molar-refractivity contribution >= 4 is 11.3 Å². The van der Waals surface area contributed by atoms with Gasteiger partial charge in [-0.3, -0.25) is 0 Å². The Bertz CT molecular complexity index is 383. The van der Waals surface area contributed by atoms with E-state index in [1.165, 1.54) is 0 Å². The zero-order valence-electron chi connectivity index (χ0n) is 11.5. The van der Waals surface area contributed by atoms with E-state index in [1.54, 1.807) is 18.4 Å². The van der Waals surface area contributed by atoms with Crippen molar-refractivity contribution < 1.29 is 9.84 Å². The van der Waals surface area contributed by atoms with Crippen molar-refractivity contribution in [1.82, 2.24) is 4.98 Å². The van der Waals surface area contributed by atoms with Gasteiger partial charge in [0.1, 0.15) is 0 Å². The summed E-state index contributed by atoms with van der Waals surface area (Å²) in [4.78, 5) is 4.43. The molecule has 1 N–H and O–H groups in total. The molecule has 4 heteroatoms. The first-order chi connectivity index (χ1) is 8.55. The van der Waals surface area contributed by atoms with Gasteiger partial charge in [0, 0.05) is 24.6 Å². The van der Waals surface area contributed by atoms with E-state index < -0.39 is 6.10 Å². The van der Waals surface area contributed by atoms with E-state index in [1.807, 2.05) is 12.3 Å². The van der Waals surface area contributed by atoms with Crippen LogP contribution in [0.4, 0.5) is 0 Å². The van der Waals surface area contributed by atoms with Crippen molar-refractivity contribution in [3.8, 4) is 0 Å². The second-order valence-electron chi connectivity index (χ2n) is 5.55. The molecule has 0 saturated heterocycles. The number of aliphatic hydroxyl groups excluding tert-OH is 1. The smallest absolute Gasteiger partial charge is 0.0955 e. The maximum atomic E-state index is 10.5. The maximum absolute atomic E-state index is 10.5. The van der Waals surface area contributed by atoms with Crippen molar-refractivity contribution in [2.75, 3.05) is 7.11 Å². The lowest BCUT2D eigenvalue weighted by Gasteiger charge is -2.41. The number of aliphatic hydroxyl groups is 1. The first-order valence-corrected chi connectivity index (χ1v) is 7.58. The molecule has 1 fully saturated rings. The van der Waals surface area contributed by atoms with Crippen LogP contribution in [-0.4, -0.2) is 28.9 Å². The molecule has 0 amide bonds. The number of aromatic nitrogens is 1. The van der Waals surface area contributed by atoms with Gasteiger partial charge in [-0.25, -0.2) is 4.98 Å². The third-order valence-electron chi connectivity index (χ3n) is 4.17. The average molecular weight is 269 g/mol. The van der Waals surface area contributed by atoms with Crippen LogP contribution in [-0.2, 0) is 11.2 Å². The molecule has 0 aromatic carbocycles. The summed E-state index contributed by atoms with van der Waals surface area (Å²) in [5.41, 5.74) is 0.678. The Balaban J connectivity index is 2.03. The van der Waals surface area contributed by atoms with E-state index in [-0.39, 0.29) is 5.60 Å². The van der Waals surface area contributed by atoms with Crippen molar-refractivity contribution in [1.29, 1.82) is 0 Å². The molecule has 0 aliphatic heterocycles. The lowest BCUT2D eigenvalue weighted by molar-refractivity contribution is -0.127. The van der Waals surface area contributed by atoms with Gasteiger partial charge in [-0.05, 0) is 38.5 Å². The molecule has 0 spiro atoms. The monoisotopic (exact) mass is 269 g/mol. The fourth-order valence-electron chi connectivity index (χ4n) is 2.77. The summed E-state index contributed by atoms with van der Waals surface area (Å²) in [7, 11) is 1.73. The summed E-state index contributed by atoms with van der Waals surface area (Å²) < 4.78 is 5.69. The topological polar surface area (TPSA) is 42.4 Å². The fraction of sp³-hybridized carbons (Fsp3) is 0.786. The molecule has 1 heterocycles. The molecule has 1 aromatic heterocycles. The van der Waals surface area contributed by atoms with Crippen LogP contribution in [0.5, 0.6) is 0 Å². The number of hydrogen-bond donors (Lipinski definition) is 1.